The highest BCUT2D eigenvalue weighted by molar-refractivity contribution is 5.74. The van der Waals surface area contributed by atoms with Crippen molar-refractivity contribution in [3.63, 3.8) is 0 Å². The zero-order chi connectivity index (χ0) is 15.1. The summed E-state index contributed by atoms with van der Waals surface area (Å²) in [6.45, 7) is 4.97. The molecule has 0 aliphatic carbocycles. The molecule has 1 saturated heterocycles. The van der Waals surface area contributed by atoms with E-state index in [2.05, 4.69) is 5.32 Å². The standard InChI is InChI=1S/C14H26N2O4/c1-10(13(17)18)5-4-6-11(2)15-14(19)16(3)12-7-8-20-9-12/h10-12H,4-9H2,1-3H3,(H,15,19)(H,17,18). The summed E-state index contributed by atoms with van der Waals surface area (Å²) in [7, 11) is 1.79. The first-order chi connectivity index (χ1) is 9.41. The zero-order valence-corrected chi connectivity index (χ0v) is 12.6. The molecule has 20 heavy (non-hydrogen) atoms. The highest BCUT2D eigenvalue weighted by Crippen LogP contribution is 2.12. The summed E-state index contributed by atoms with van der Waals surface area (Å²) >= 11 is 0. The van der Waals surface area contributed by atoms with E-state index < -0.39 is 5.97 Å². The molecule has 3 atom stereocenters. The third-order valence-corrected chi connectivity index (χ3v) is 3.84. The van der Waals surface area contributed by atoms with Crippen LogP contribution in [0.5, 0.6) is 0 Å². The summed E-state index contributed by atoms with van der Waals surface area (Å²) in [5.41, 5.74) is 0. The van der Waals surface area contributed by atoms with Gasteiger partial charge in [-0.1, -0.05) is 13.3 Å². The number of amides is 2. The summed E-state index contributed by atoms with van der Waals surface area (Å²) in [5.74, 6) is -1.08. The number of aliphatic carboxylic acids is 1. The van der Waals surface area contributed by atoms with Crippen molar-refractivity contribution in [1.29, 1.82) is 0 Å². The second-order valence-corrected chi connectivity index (χ2v) is 5.65. The molecule has 3 unspecified atom stereocenters. The third-order valence-electron chi connectivity index (χ3n) is 3.84. The smallest absolute Gasteiger partial charge is 0.317 e. The summed E-state index contributed by atoms with van der Waals surface area (Å²) < 4.78 is 5.27. The lowest BCUT2D eigenvalue weighted by Gasteiger charge is -2.25. The van der Waals surface area contributed by atoms with Crippen LogP contribution >= 0.6 is 0 Å². The van der Waals surface area contributed by atoms with E-state index in [9.17, 15) is 9.59 Å². The summed E-state index contributed by atoms with van der Waals surface area (Å²) in [6, 6.07) is 0.127. The molecule has 0 bridgehead atoms. The fourth-order valence-electron chi connectivity index (χ4n) is 2.23. The van der Waals surface area contributed by atoms with E-state index in [0.717, 1.165) is 19.3 Å². The van der Waals surface area contributed by atoms with Gasteiger partial charge in [0.2, 0.25) is 0 Å². The number of nitrogens with one attached hydrogen (secondary N) is 1. The fourth-order valence-corrected chi connectivity index (χ4v) is 2.23. The van der Waals surface area contributed by atoms with Crippen molar-refractivity contribution >= 4 is 12.0 Å². The zero-order valence-electron chi connectivity index (χ0n) is 12.6. The largest absolute Gasteiger partial charge is 0.481 e. The highest BCUT2D eigenvalue weighted by atomic mass is 16.5. The molecule has 0 aromatic carbocycles. The van der Waals surface area contributed by atoms with Crippen LogP contribution in [0.2, 0.25) is 0 Å². The van der Waals surface area contributed by atoms with Gasteiger partial charge in [0.05, 0.1) is 18.6 Å². The number of carboxylic acid groups (broad SMARTS) is 1. The number of carboxylic acids is 1. The fraction of sp³-hybridized carbons (Fsp3) is 0.857. The van der Waals surface area contributed by atoms with Gasteiger partial charge in [0.1, 0.15) is 0 Å². The Kier molecular flexibility index (Phi) is 6.78. The molecular weight excluding hydrogens is 260 g/mol. The molecule has 0 aromatic heterocycles. The van der Waals surface area contributed by atoms with Crippen molar-refractivity contribution in [3.05, 3.63) is 0 Å². The first-order valence-corrected chi connectivity index (χ1v) is 7.25. The number of nitrogens with zero attached hydrogens (tertiary/aromatic N) is 1. The van der Waals surface area contributed by atoms with Crippen LogP contribution in [0.1, 0.15) is 39.5 Å². The Morgan fingerprint density at radius 3 is 2.65 bits per heavy atom. The van der Waals surface area contributed by atoms with Crippen LogP contribution in [0.3, 0.4) is 0 Å². The van der Waals surface area contributed by atoms with Gasteiger partial charge in [-0.2, -0.15) is 0 Å². The minimum absolute atomic E-state index is 0.0493. The maximum atomic E-state index is 12.0. The van der Waals surface area contributed by atoms with Gasteiger partial charge >= 0.3 is 12.0 Å². The molecule has 6 heteroatoms. The molecule has 2 N–H and O–H groups in total. The number of rotatable bonds is 7. The minimum Gasteiger partial charge on any atom is -0.481 e. The van der Waals surface area contributed by atoms with Crippen LogP contribution in [0, 0.1) is 5.92 Å². The normalized spacial score (nSPS) is 21.2. The quantitative estimate of drug-likeness (QED) is 0.746. The molecule has 0 saturated carbocycles. The second kappa shape index (κ2) is 8.09. The van der Waals surface area contributed by atoms with Gasteiger partial charge in [0, 0.05) is 19.7 Å². The predicted molar refractivity (Wildman–Crippen MR) is 75.6 cm³/mol. The van der Waals surface area contributed by atoms with Gasteiger partial charge in [0.15, 0.2) is 0 Å². The van der Waals surface area contributed by atoms with Crippen molar-refractivity contribution in [3.8, 4) is 0 Å². The van der Waals surface area contributed by atoms with Crippen LogP contribution in [0.25, 0.3) is 0 Å². The molecule has 1 fully saturated rings. The second-order valence-electron chi connectivity index (χ2n) is 5.65. The third kappa shape index (κ3) is 5.36. The van der Waals surface area contributed by atoms with Crippen LogP contribution in [0.4, 0.5) is 4.79 Å². The number of urea groups is 1. The molecule has 0 radical (unpaired) electrons. The predicted octanol–water partition coefficient (Wildman–Crippen LogP) is 1.70. The molecule has 1 heterocycles. The van der Waals surface area contributed by atoms with Gasteiger partial charge in [-0.05, 0) is 26.2 Å². The molecule has 1 rings (SSSR count). The van der Waals surface area contributed by atoms with Crippen LogP contribution in [-0.2, 0) is 9.53 Å². The maximum absolute atomic E-state index is 12.0. The van der Waals surface area contributed by atoms with Crippen molar-refractivity contribution in [2.24, 2.45) is 5.92 Å². The van der Waals surface area contributed by atoms with Crippen LogP contribution in [-0.4, -0.2) is 54.4 Å². The monoisotopic (exact) mass is 286 g/mol. The summed E-state index contributed by atoms with van der Waals surface area (Å²) in [4.78, 5) is 24.4. The van der Waals surface area contributed by atoms with E-state index in [1.807, 2.05) is 6.92 Å². The highest BCUT2D eigenvalue weighted by Gasteiger charge is 2.24. The SMILES string of the molecule is CC(CCCC(C)C(=O)O)NC(=O)N(C)C1CCOC1. The van der Waals surface area contributed by atoms with Gasteiger partial charge in [-0.25, -0.2) is 4.79 Å². The Hall–Kier alpha value is -1.30. The van der Waals surface area contributed by atoms with E-state index in [1.165, 1.54) is 0 Å². The van der Waals surface area contributed by atoms with Crippen molar-refractivity contribution in [1.82, 2.24) is 10.2 Å². The molecule has 0 spiro atoms. The Morgan fingerprint density at radius 1 is 1.40 bits per heavy atom. The first-order valence-electron chi connectivity index (χ1n) is 7.25. The molecular formula is C14H26N2O4. The first kappa shape index (κ1) is 16.8. The Bertz CT molecular complexity index is 329. The number of carbonyl (C=O) groups excluding carboxylic acids is 1. The van der Waals surface area contributed by atoms with E-state index in [0.29, 0.717) is 19.6 Å². The van der Waals surface area contributed by atoms with Crippen molar-refractivity contribution in [2.45, 2.75) is 51.6 Å². The Morgan fingerprint density at radius 2 is 2.10 bits per heavy atom. The summed E-state index contributed by atoms with van der Waals surface area (Å²) in [5, 5.41) is 11.7. The van der Waals surface area contributed by atoms with Crippen molar-refractivity contribution in [2.75, 3.05) is 20.3 Å². The summed E-state index contributed by atoms with van der Waals surface area (Å²) in [6.07, 6.45) is 3.11. The lowest BCUT2D eigenvalue weighted by molar-refractivity contribution is -0.141. The number of carbonyl (C=O) groups is 2. The molecule has 0 aromatic rings. The van der Waals surface area contributed by atoms with Gasteiger partial charge in [-0.3, -0.25) is 4.79 Å². The number of hydrogen-bond donors (Lipinski definition) is 2. The molecule has 2 amide bonds. The maximum Gasteiger partial charge on any atom is 0.317 e. The lowest BCUT2D eigenvalue weighted by atomic mass is 10.0. The van der Waals surface area contributed by atoms with Crippen LogP contribution in [0.15, 0.2) is 0 Å². The number of hydrogen-bond acceptors (Lipinski definition) is 3. The molecule has 1 aliphatic heterocycles. The number of likely N-dealkylation sites (N-methyl/N-ethyl adjacent to an activating group) is 1. The number of ether oxygens (including phenoxy) is 1. The van der Waals surface area contributed by atoms with Gasteiger partial charge in [0.25, 0.3) is 0 Å². The Labute approximate surface area is 120 Å². The average Bonchev–Trinajstić information content (AvgIpc) is 2.91. The topological polar surface area (TPSA) is 78.9 Å². The van der Waals surface area contributed by atoms with Gasteiger partial charge < -0.3 is 20.1 Å². The van der Waals surface area contributed by atoms with Gasteiger partial charge in [-0.15, -0.1) is 0 Å². The molecule has 116 valence electrons. The van der Waals surface area contributed by atoms with E-state index >= 15 is 0 Å². The Balaban J connectivity index is 2.22. The lowest BCUT2D eigenvalue weighted by Crippen LogP contribution is -2.46. The average molecular weight is 286 g/mol. The van der Waals surface area contributed by atoms with E-state index in [-0.39, 0.29) is 24.0 Å². The van der Waals surface area contributed by atoms with Crippen molar-refractivity contribution < 1.29 is 19.4 Å². The van der Waals surface area contributed by atoms with E-state index in [1.54, 1.807) is 18.9 Å². The van der Waals surface area contributed by atoms with Crippen LogP contribution < -0.4 is 5.32 Å². The molecule has 1 aliphatic rings. The van der Waals surface area contributed by atoms with E-state index in [4.69, 9.17) is 9.84 Å². The molecule has 6 nitrogen and oxygen atoms in total. The minimum atomic E-state index is -0.761.